The summed E-state index contributed by atoms with van der Waals surface area (Å²) in [6, 6.07) is 12.6. The van der Waals surface area contributed by atoms with E-state index in [2.05, 4.69) is 57.2 Å². The van der Waals surface area contributed by atoms with Crippen molar-refractivity contribution in [2.75, 3.05) is 0 Å². The summed E-state index contributed by atoms with van der Waals surface area (Å²) in [6.45, 7) is 2.19. The molecule has 0 aliphatic heterocycles. The highest BCUT2D eigenvalue weighted by atomic mass is 79.9. The van der Waals surface area contributed by atoms with Gasteiger partial charge in [-0.3, -0.25) is 0 Å². The zero-order chi connectivity index (χ0) is 13.2. The summed E-state index contributed by atoms with van der Waals surface area (Å²) in [5.41, 5.74) is 4.31. The minimum atomic E-state index is 0.801. The highest BCUT2D eigenvalue weighted by Gasteiger charge is 2.04. The number of imidazole rings is 1. The summed E-state index contributed by atoms with van der Waals surface area (Å²) in [7, 11) is 0. The molecule has 1 aromatic carbocycles. The standard InChI is InChI=1S/C15H14BrN3/c1-2-3-11-4-6-12(7-5-11)13-8-9-15-17-14(16)10-19(15)18-13/h4-10H,2-3H2,1H3. The van der Waals surface area contributed by atoms with Crippen LogP contribution in [-0.4, -0.2) is 14.6 Å². The Morgan fingerprint density at radius 3 is 2.63 bits per heavy atom. The minimum Gasteiger partial charge on any atom is -0.220 e. The molecule has 0 spiro atoms. The van der Waals surface area contributed by atoms with Gasteiger partial charge in [0.15, 0.2) is 5.65 Å². The van der Waals surface area contributed by atoms with E-state index in [0.29, 0.717) is 0 Å². The van der Waals surface area contributed by atoms with Gasteiger partial charge in [0.2, 0.25) is 0 Å². The van der Waals surface area contributed by atoms with E-state index in [1.807, 2.05) is 18.3 Å². The van der Waals surface area contributed by atoms with Crippen LogP contribution < -0.4 is 0 Å². The zero-order valence-electron chi connectivity index (χ0n) is 10.7. The van der Waals surface area contributed by atoms with Crippen molar-refractivity contribution in [3.05, 3.63) is 52.8 Å². The Morgan fingerprint density at radius 1 is 1.11 bits per heavy atom. The predicted octanol–water partition coefficient (Wildman–Crippen LogP) is 4.11. The van der Waals surface area contributed by atoms with E-state index in [9.17, 15) is 0 Å². The molecule has 4 heteroatoms. The Kier molecular flexibility index (Phi) is 3.34. The Labute approximate surface area is 120 Å². The molecule has 3 nitrogen and oxygen atoms in total. The van der Waals surface area contributed by atoms with E-state index in [-0.39, 0.29) is 0 Å². The van der Waals surface area contributed by atoms with Crippen LogP contribution in [0.15, 0.2) is 47.2 Å². The monoisotopic (exact) mass is 315 g/mol. The van der Waals surface area contributed by atoms with Crippen LogP contribution in [0.1, 0.15) is 18.9 Å². The molecule has 0 unspecified atom stereocenters. The van der Waals surface area contributed by atoms with Gasteiger partial charge in [0.05, 0.1) is 11.9 Å². The lowest BCUT2D eigenvalue weighted by Crippen LogP contribution is -1.93. The van der Waals surface area contributed by atoms with Crippen molar-refractivity contribution in [2.45, 2.75) is 19.8 Å². The fourth-order valence-corrected chi connectivity index (χ4v) is 2.51. The fraction of sp³-hybridized carbons (Fsp3) is 0.200. The van der Waals surface area contributed by atoms with E-state index in [1.54, 1.807) is 4.52 Å². The molecule has 3 aromatic rings. The van der Waals surface area contributed by atoms with Crippen LogP contribution in [0.5, 0.6) is 0 Å². The second-order valence-electron chi connectivity index (χ2n) is 4.53. The largest absolute Gasteiger partial charge is 0.220 e. The quantitative estimate of drug-likeness (QED) is 0.728. The van der Waals surface area contributed by atoms with Gasteiger partial charge in [-0.2, -0.15) is 5.10 Å². The number of halogens is 1. The number of rotatable bonds is 3. The molecule has 0 atom stereocenters. The van der Waals surface area contributed by atoms with E-state index in [0.717, 1.165) is 27.9 Å². The lowest BCUT2D eigenvalue weighted by molar-refractivity contribution is 0.920. The first-order chi connectivity index (χ1) is 9.26. The molecule has 0 aliphatic rings. The third-order valence-electron chi connectivity index (χ3n) is 3.08. The maximum atomic E-state index is 4.57. The molecule has 0 saturated heterocycles. The molecule has 0 fully saturated rings. The van der Waals surface area contributed by atoms with Crippen LogP contribution in [0.2, 0.25) is 0 Å². The zero-order valence-corrected chi connectivity index (χ0v) is 12.3. The molecular weight excluding hydrogens is 302 g/mol. The average molecular weight is 316 g/mol. The topological polar surface area (TPSA) is 30.2 Å². The van der Waals surface area contributed by atoms with Crippen molar-refractivity contribution in [1.29, 1.82) is 0 Å². The van der Waals surface area contributed by atoms with Crippen molar-refractivity contribution >= 4 is 21.6 Å². The van der Waals surface area contributed by atoms with Crippen molar-refractivity contribution < 1.29 is 0 Å². The maximum absolute atomic E-state index is 4.57. The fourth-order valence-electron chi connectivity index (χ4n) is 2.14. The van der Waals surface area contributed by atoms with Crippen molar-refractivity contribution in [2.24, 2.45) is 0 Å². The molecule has 19 heavy (non-hydrogen) atoms. The molecule has 0 radical (unpaired) electrons. The van der Waals surface area contributed by atoms with E-state index >= 15 is 0 Å². The molecule has 0 amide bonds. The molecule has 96 valence electrons. The summed E-state index contributed by atoms with van der Waals surface area (Å²) in [5, 5.41) is 4.57. The molecule has 0 N–H and O–H groups in total. The van der Waals surface area contributed by atoms with Gasteiger partial charge in [-0.1, -0.05) is 37.6 Å². The van der Waals surface area contributed by atoms with Gasteiger partial charge in [-0.05, 0) is 40.0 Å². The molecule has 0 aliphatic carbocycles. The number of hydrogen-bond acceptors (Lipinski definition) is 2. The highest BCUT2D eigenvalue weighted by Crippen LogP contribution is 2.19. The van der Waals surface area contributed by atoms with Gasteiger partial charge in [-0.25, -0.2) is 9.50 Å². The number of nitrogens with zero attached hydrogens (tertiary/aromatic N) is 3. The predicted molar refractivity (Wildman–Crippen MR) is 80.1 cm³/mol. The third-order valence-corrected chi connectivity index (χ3v) is 3.46. The Hall–Kier alpha value is -1.68. The number of aryl methyl sites for hydroxylation is 1. The summed E-state index contributed by atoms with van der Waals surface area (Å²) in [5.74, 6) is 0. The summed E-state index contributed by atoms with van der Waals surface area (Å²) in [6.07, 6.45) is 4.16. The van der Waals surface area contributed by atoms with E-state index < -0.39 is 0 Å². The molecule has 2 aromatic heterocycles. The molecule has 3 rings (SSSR count). The number of aromatic nitrogens is 3. The molecule has 0 bridgehead atoms. The van der Waals surface area contributed by atoms with Crippen LogP contribution in [0.3, 0.4) is 0 Å². The van der Waals surface area contributed by atoms with Crippen LogP contribution in [0, 0.1) is 0 Å². The van der Waals surface area contributed by atoms with Crippen molar-refractivity contribution in [1.82, 2.24) is 14.6 Å². The number of hydrogen-bond donors (Lipinski definition) is 0. The van der Waals surface area contributed by atoms with Crippen LogP contribution in [0.4, 0.5) is 0 Å². The summed E-state index contributed by atoms with van der Waals surface area (Å²) >= 11 is 3.36. The third kappa shape index (κ3) is 2.54. The van der Waals surface area contributed by atoms with E-state index in [1.165, 1.54) is 12.0 Å². The molecule has 2 heterocycles. The summed E-state index contributed by atoms with van der Waals surface area (Å²) < 4.78 is 2.59. The van der Waals surface area contributed by atoms with Gasteiger partial charge < -0.3 is 0 Å². The summed E-state index contributed by atoms with van der Waals surface area (Å²) in [4.78, 5) is 4.30. The average Bonchev–Trinajstić information content (AvgIpc) is 2.79. The SMILES string of the molecule is CCCc1ccc(-c2ccc3nc(Br)cn3n2)cc1. The lowest BCUT2D eigenvalue weighted by Gasteiger charge is -2.03. The Balaban J connectivity index is 1.98. The second kappa shape index (κ2) is 5.13. The van der Waals surface area contributed by atoms with Crippen LogP contribution in [0.25, 0.3) is 16.9 Å². The second-order valence-corrected chi connectivity index (χ2v) is 5.34. The number of fused-ring (bicyclic) bond motifs is 1. The van der Waals surface area contributed by atoms with Gasteiger partial charge in [0.25, 0.3) is 0 Å². The minimum absolute atomic E-state index is 0.801. The smallest absolute Gasteiger partial charge is 0.154 e. The Bertz CT molecular complexity index is 701. The lowest BCUT2D eigenvalue weighted by atomic mass is 10.1. The first kappa shape index (κ1) is 12.4. The molecule has 0 saturated carbocycles. The van der Waals surface area contributed by atoms with Crippen molar-refractivity contribution in [3.63, 3.8) is 0 Å². The first-order valence-electron chi connectivity index (χ1n) is 6.37. The van der Waals surface area contributed by atoms with Crippen molar-refractivity contribution in [3.8, 4) is 11.3 Å². The van der Waals surface area contributed by atoms with E-state index in [4.69, 9.17) is 0 Å². The Morgan fingerprint density at radius 2 is 1.89 bits per heavy atom. The first-order valence-corrected chi connectivity index (χ1v) is 7.17. The van der Waals surface area contributed by atoms with Gasteiger partial charge in [-0.15, -0.1) is 0 Å². The van der Waals surface area contributed by atoms with Gasteiger partial charge in [0.1, 0.15) is 4.60 Å². The maximum Gasteiger partial charge on any atom is 0.154 e. The highest BCUT2D eigenvalue weighted by molar-refractivity contribution is 9.10. The van der Waals surface area contributed by atoms with Gasteiger partial charge >= 0.3 is 0 Å². The normalized spacial score (nSPS) is 11.1. The van der Waals surface area contributed by atoms with Crippen LogP contribution >= 0.6 is 15.9 Å². The van der Waals surface area contributed by atoms with Crippen LogP contribution in [-0.2, 0) is 6.42 Å². The number of benzene rings is 1. The molecular formula is C15H14BrN3. The van der Waals surface area contributed by atoms with Gasteiger partial charge in [0, 0.05) is 5.56 Å².